The molecule has 24 heavy (non-hydrogen) atoms. The Hall–Kier alpha value is -2.67. The molecule has 1 atom stereocenters. The summed E-state index contributed by atoms with van der Waals surface area (Å²) < 4.78 is 19.5. The van der Waals surface area contributed by atoms with Gasteiger partial charge in [0.2, 0.25) is 0 Å². The number of hydrogen-bond donors (Lipinski definition) is 1. The highest BCUT2D eigenvalue weighted by molar-refractivity contribution is 6.30. The Morgan fingerprint density at radius 1 is 1.42 bits per heavy atom. The van der Waals surface area contributed by atoms with E-state index in [1.807, 2.05) is 0 Å². The molecule has 8 heteroatoms. The van der Waals surface area contributed by atoms with Gasteiger partial charge < -0.3 is 10.1 Å². The van der Waals surface area contributed by atoms with Crippen LogP contribution in [0, 0.1) is 5.82 Å². The van der Waals surface area contributed by atoms with Crippen molar-refractivity contribution in [1.29, 1.82) is 0 Å². The molecule has 0 radical (unpaired) electrons. The lowest BCUT2D eigenvalue weighted by atomic mass is 10.0. The number of aromatic nitrogens is 1. The maximum atomic E-state index is 13.9. The monoisotopic (exact) mass is 349 g/mol. The number of nitrogens with one attached hydrogen (secondary N) is 1. The van der Waals surface area contributed by atoms with Gasteiger partial charge in [-0.05, 0) is 37.3 Å². The van der Waals surface area contributed by atoms with Crippen molar-refractivity contribution in [3.63, 3.8) is 0 Å². The van der Waals surface area contributed by atoms with Crippen LogP contribution < -0.4 is 15.0 Å². The summed E-state index contributed by atoms with van der Waals surface area (Å²) in [6.07, 6.45) is 1.51. The maximum Gasteiger partial charge on any atom is 0.281 e. The van der Waals surface area contributed by atoms with Crippen molar-refractivity contribution in [2.75, 3.05) is 17.3 Å². The number of likely N-dealkylation sites (N-methyl/N-ethyl adjacent to an activating group) is 1. The van der Waals surface area contributed by atoms with Crippen LogP contribution in [0.4, 0.5) is 15.9 Å². The molecule has 124 valence electrons. The minimum Gasteiger partial charge on any atom is -0.464 e. The summed E-state index contributed by atoms with van der Waals surface area (Å²) in [5.41, 5.74) is -1.95. The van der Waals surface area contributed by atoms with Gasteiger partial charge in [0.25, 0.3) is 17.4 Å². The highest BCUT2D eigenvalue weighted by Crippen LogP contribution is 2.35. The fourth-order valence-electron chi connectivity index (χ4n) is 2.37. The first-order chi connectivity index (χ1) is 11.3. The molecule has 1 aromatic carbocycles. The molecule has 6 nitrogen and oxygen atoms in total. The Kier molecular flexibility index (Phi) is 3.88. The van der Waals surface area contributed by atoms with E-state index in [1.54, 1.807) is 12.1 Å². The molecule has 1 aliphatic rings. The van der Waals surface area contributed by atoms with Gasteiger partial charge in [-0.15, -0.1) is 0 Å². The lowest BCUT2D eigenvalue weighted by Gasteiger charge is -2.36. The van der Waals surface area contributed by atoms with Crippen molar-refractivity contribution in [2.45, 2.75) is 12.5 Å². The number of ether oxygens (including phenoxy) is 1. The van der Waals surface area contributed by atoms with Gasteiger partial charge in [-0.25, -0.2) is 9.37 Å². The zero-order valence-corrected chi connectivity index (χ0v) is 13.6. The average Bonchev–Trinajstić information content (AvgIpc) is 2.55. The summed E-state index contributed by atoms with van der Waals surface area (Å²) in [6.45, 7) is 1.32. The normalized spacial score (nSPS) is 19.5. The fourth-order valence-corrected chi connectivity index (χ4v) is 2.53. The van der Waals surface area contributed by atoms with Crippen LogP contribution in [0.5, 0.6) is 5.75 Å². The van der Waals surface area contributed by atoms with Crippen LogP contribution in [0.1, 0.15) is 6.92 Å². The smallest absolute Gasteiger partial charge is 0.281 e. The predicted octanol–water partition coefficient (Wildman–Crippen LogP) is 2.63. The summed E-state index contributed by atoms with van der Waals surface area (Å²) >= 11 is 5.68. The van der Waals surface area contributed by atoms with Crippen LogP contribution >= 0.6 is 11.6 Å². The molecule has 2 amide bonds. The van der Waals surface area contributed by atoms with Crippen molar-refractivity contribution in [3.05, 3.63) is 47.4 Å². The molecule has 1 aromatic heterocycles. The summed E-state index contributed by atoms with van der Waals surface area (Å²) in [6, 6.07) is 7.02. The third kappa shape index (κ3) is 2.56. The fraction of sp³-hybridized carbons (Fsp3) is 0.188. The van der Waals surface area contributed by atoms with E-state index in [4.69, 9.17) is 16.3 Å². The number of pyridine rings is 1. The minimum absolute atomic E-state index is 0.0957. The number of halogens is 2. The second kappa shape index (κ2) is 5.76. The molecule has 0 saturated heterocycles. The highest BCUT2D eigenvalue weighted by Gasteiger charge is 2.50. The second-order valence-electron chi connectivity index (χ2n) is 5.40. The quantitative estimate of drug-likeness (QED) is 0.846. The van der Waals surface area contributed by atoms with E-state index in [-0.39, 0.29) is 16.5 Å². The molecule has 0 saturated carbocycles. The molecule has 1 aliphatic heterocycles. The number of amides is 2. The van der Waals surface area contributed by atoms with Gasteiger partial charge in [0, 0.05) is 18.3 Å². The number of nitrogens with zero attached hydrogens (tertiary/aromatic N) is 2. The molecular formula is C16H13ClFN3O3. The van der Waals surface area contributed by atoms with Crippen molar-refractivity contribution in [1.82, 2.24) is 4.98 Å². The zero-order chi connectivity index (χ0) is 17.5. The molecule has 0 spiro atoms. The van der Waals surface area contributed by atoms with Crippen LogP contribution in [0.25, 0.3) is 0 Å². The van der Waals surface area contributed by atoms with E-state index in [1.165, 1.54) is 37.2 Å². The molecule has 0 bridgehead atoms. The Labute approximate surface area is 142 Å². The van der Waals surface area contributed by atoms with Gasteiger partial charge in [-0.2, -0.15) is 0 Å². The van der Waals surface area contributed by atoms with E-state index in [0.29, 0.717) is 5.82 Å². The lowest BCUT2D eigenvalue weighted by molar-refractivity contribution is -0.145. The third-order valence-corrected chi connectivity index (χ3v) is 3.94. The molecule has 2 heterocycles. The topological polar surface area (TPSA) is 71.5 Å². The van der Waals surface area contributed by atoms with Crippen LogP contribution in [0.3, 0.4) is 0 Å². The van der Waals surface area contributed by atoms with E-state index in [0.717, 1.165) is 6.07 Å². The molecule has 1 N–H and O–H groups in total. The SMILES string of the molecule is CN1C(=O)[C@@](C)(C(=O)Nc2ccc(Cl)cc2F)Oc2cccnc21. The first kappa shape index (κ1) is 16.2. The molecule has 0 aliphatic carbocycles. The third-order valence-electron chi connectivity index (χ3n) is 3.71. The van der Waals surface area contributed by atoms with Gasteiger partial charge >= 0.3 is 0 Å². The van der Waals surface area contributed by atoms with Crippen molar-refractivity contribution >= 4 is 34.9 Å². The lowest BCUT2D eigenvalue weighted by Crippen LogP contribution is -2.60. The van der Waals surface area contributed by atoms with E-state index in [9.17, 15) is 14.0 Å². The van der Waals surface area contributed by atoms with Gasteiger partial charge in [0.15, 0.2) is 11.6 Å². The Morgan fingerprint density at radius 2 is 2.17 bits per heavy atom. The van der Waals surface area contributed by atoms with Crippen molar-refractivity contribution in [2.24, 2.45) is 0 Å². The second-order valence-corrected chi connectivity index (χ2v) is 5.84. The van der Waals surface area contributed by atoms with Crippen LogP contribution in [0.15, 0.2) is 36.5 Å². The number of carbonyl (C=O) groups excluding carboxylic acids is 2. The van der Waals surface area contributed by atoms with Crippen molar-refractivity contribution < 1.29 is 18.7 Å². The number of fused-ring (bicyclic) bond motifs is 1. The zero-order valence-electron chi connectivity index (χ0n) is 12.8. The Bertz CT molecular complexity index is 845. The summed E-state index contributed by atoms with van der Waals surface area (Å²) in [5, 5.41) is 2.56. The highest BCUT2D eigenvalue weighted by atomic mass is 35.5. The van der Waals surface area contributed by atoms with E-state index >= 15 is 0 Å². The molecule has 3 rings (SSSR count). The molecule has 0 fully saturated rings. The maximum absolute atomic E-state index is 13.9. The average molecular weight is 350 g/mol. The number of carbonyl (C=O) groups is 2. The van der Waals surface area contributed by atoms with Gasteiger partial charge in [-0.3, -0.25) is 14.5 Å². The van der Waals surface area contributed by atoms with Crippen molar-refractivity contribution in [3.8, 4) is 5.75 Å². The predicted molar refractivity (Wildman–Crippen MR) is 86.7 cm³/mol. The van der Waals surface area contributed by atoms with Crippen LogP contribution in [-0.2, 0) is 9.59 Å². The van der Waals surface area contributed by atoms with Gasteiger partial charge in [-0.1, -0.05) is 11.6 Å². The first-order valence-corrected chi connectivity index (χ1v) is 7.39. The first-order valence-electron chi connectivity index (χ1n) is 7.01. The number of hydrogen-bond acceptors (Lipinski definition) is 4. The molecule has 2 aromatic rings. The Balaban J connectivity index is 1.93. The summed E-state index contributed by atoms with van der Waals surface area (Å²) in [4.78, 5) is 30.4. The number of anilines is 2. The van der Waals surface area contributed by atoms with Crippen LogP contribution in [-0.4, -0.2) is 29.4 Å². The molecule has 0 unspecified atom stereocenters. The Morgan fingerprint density at radius 3 is 2.88 bits per heavy atom. The minimum atomic E-state index is -1.85. The summed E-state index contributed by atoms with van der Waals surface area (Å²) in [5.74, 6) is -1.52. The largest absolute Gasteiger partial charge is 0.464 e. The number of rotatable bonds is 2. The van der Waals surface area contributed by atoms with Crippen LogP contribution in [0.2, 0.25) is 5.02 Å². The number of benzene rings is 1. The van der Waals surface area contributed by atoms with Gasteiger partial charge in [0.05, 0.1) is 5.69 Å². The van der Waals surface area contributed by atoms with E-state index in [2.05, 4.69) is 10.3 Å². The van der Waals surface area contributed by atoms with Gasteiger partial charge in [0.1, 0.15) is 5.82 Å². The van der Waals surface area contributed by atoms with E-state index < -0.39 is 23.2 Å². The molecular weight excluding hydrogens is 337 g/mol. The summed E-state index contributed by atoms with van der Waals surface area (Å²) in [7, 11) is 1.49. The standard InChI is InChI=1S/C16H13ClFN3O3/c1-16(14(22)20-11-6-5-9(17)8-10(11)18)15(23)21(2)13-12(24-16)4-3-7-19-13/h3-8H,1-2H3,(H,20,22)/t16-/m1/s1.